The minimum Gasteiger partial charge on any atom is -0.478 e. The van der Waals surface area contributed by atoms with Crippen LogP contribution in [0.15, 0.2) is 64.5 Å². The van der Waals surface area contributed by atoms with Crippen molar-refractivity contribution in [1.82, 2.24) is 15.1 Å². The van der Waals surface area contributed by atoms with Gasteiger partial charge in [0.2, 0.25) is 0 Å². The lowest BCUT2D eigenvalue weighted by molar-refractivity contribution is -0.134. The van der Waals surface area contributed by atoms with Crippen molar-refractivity contribution in [3.8, 4) is 0 Å². The van der Waals surface area contributed by atoms with E-state index in [0.717, 1.165) is 23.9 Å². The Morgan fingerprint density at radius 2 is 1.57 bits per heavy atom. The van der Waals surface area contributed by atoms with Crippen molar-refractivity contribution < 1.29 is 19.8 Å². The fraction of sp³-hybridized carbons (Fsp3) is 0.333. The molecule has 4 heterocycles. The number of hydrogen-bond donors (Lipinski definition) is 2. The largest absolute Gasteiger partial charge is 0.478 e. The molecule has 2 N–H and O–H groups in total. The van der Waals surface area contributed by atoms with Crippen molar-refractivity contribution in [2.75, 3.05) is 31.1 Å². The van der Waals surface area contributed by atoms with Gasteiger partial charge in [-0.3, -0.25) is 0 Å². The lowest BCUT2D eigenvalue weighted by Crippen LogP contribution is -2.38. The number of anilines is 1. The minimum atomic E-state index is -1.26. The molecule has 0 saturated carbocycles. The molecule has 3 aliphatic rings. The van der Waals surface area contributed by atoms with Crippen molar-refractivity contribution >= 4 is 29.5 Å². The molecule has 0 amide bonds. The number of hydrogen-bond acceptors (Lipinski definition) is 7. The van der Waals surface area contributed by atoms with E-state index in [-0.39, 0.29) is 0 Å². The summed E-state index contributed by atoms with van der Waals surface area (Å²) in [5, 5.41) is 25.5. The van der Waals surface area contributed by atoms with Crippen molar-refractivity contribution in [3.05, 3.63) is 54.6 Å². The standard InChI is InChI=1S/C17H20N4S.C4H4O4/c1-2-4-15(5-3-1)22-17-7-6-16(18-19-17)21-13-12-20-10-8-14(21)9-11-20;5-3(6)1-2-4(7)8/h1-7,14H,8-13H2;1-2H,(H,5,6)(H,7,8)/b;2-1+. The van der Waals surface area contributed by atoms with Crippen LogP contribution >= 0.6 is 11.8 Å². The number of carbonyl (C=O) groups is 2. The molecule has 3 saturated heterocycles. The average Bonchev–Trinajstić information content (AvgIpc) is 3.08. The Balaban J connectivity index is 0.000000275. The van der Waals surface area contributed by atoms with E-state index in [1.165, 1.54) is 30.8 Å². The Bertz CT molecular complexity index is 852. The lowest BCUT2D eigenvalue weighted by Gasteiger charge is -2.31. The highest BCUT2D eigenvalue weighted by Crippen LogP contribution is 2.28. The van der Waals surface area contributed by atoms with Crippen molar-refractivity contribution in [2.45, 2.75) is 28.8 Å². The van der Waals surface area contributed by atoms with E-state index < -0.39 is 11.9 Å². The first-order valence-electron chi connectivity index (χ1n) is 9.71. The van der Waals surface area contributed by atoms with Gasteiger partial charge in [-0.1, -0.05) is 30.0 Å². The number of rotatable bonds is 5. The Morgan fingerprint density at radius 3 is 2.13 bits per heavy atom. The number of piperidine rings is 1. The van der Waals surface area contributed by atoms with E-state index in [1.807, 2.05) is 18.2 Å². The van der Waals surface area contributed by atoms with Gasteiger partial charge in [0.15, 0.2) is 5.82 Å². The maximum atomic E-state index is 9.55. The molecular weight excluding hydrogens is 404 g/mol. The molecule has 0 spiro atoms. The molecule has 158 valence electrons. The Labute approximate surface area is 179 Å². The molecule has 0 aliphatic carbocycles. The number of aliphatic carboxylic acids is 2. The zero-order valence-corrected chi connectivity index (χ0v) is 17.2. The van der Waals surface area contributed by atoms with Gasteiger partial charge in [0.05, 0.1) is 0 Å². The molecule has 1 aromatic carbocycles. The highest BCUT2D eigenvalue weighted by atomic mass is 32.2. The average molecular weight is 429 g/mol. The highest BCUT2D eigenvalue weighted by Gasteiger charge is 2.29. The molecule has 8 nitrogen and oxygen atoms in total. The summed E-state index contributed by atoms with van der Waals surface area (Å²) in [6.45, 7) is 4.69. The van der Waals surface area contributed by atoms with Gasteiger partial charge in [-0.15, -0.1) is 10.2 Å². The van der Waals surface area contributed by atoms with Gasteiger partial charge in [0.1, 0.15) is 5.03 Å². The van der Waals surface area contributed by atoms with Crippen molar-refractivity contribution in [1.29, 1.82) is 0 Å². The Kier molecular flexibility index (Phi) is 7.81. The molecule has 1 aromatic heterocycles. The molecule has 30 heavy (non-hydrogen) atoms. The predicted octanol–water partition coefficient (Wildman–Crippen LogP) is 2.62. The second kappa shape index (κ2) is 10.7. The van der Waals surface area contributed by atoms with E-state index in [9.17, 15) is 9.59 Å². The topological polar surface area (TPSA) is 107 Å². The number of nitrogens with zero attached hydrogens (tertiary/aromatic N) is 4. The lowest BCUT2D eigenvalue weighted by atomic mass is 10.1. The van der Waals surface area contributed by atoms with Crippen LogP contribution in [0.5, 0.6) is 0 Å². The van der Waals surface area contributed by atoms with Gasteiger partial charge in [-0.05, 0) is 37.1 Å². The first kappa shape index (κ1) is 21.8. The summed E-state index contributed by atoms with van der Waals surface area (Å²) in [4.78, 5) is 25.3. The van der Waals surface area contributed by atoms with E-state index in [1.54, 1.807) is 11.8 Å². The normalized spacial score (nSPS) is 20.3. The summed E-state index contributed by atoms with van der Waals surface area (Å²) < 4.78 is 0. The van der Waals surface area contributed by atoms with Gasteiger partial charge in [-0.2, -0.15) is 0 Å². The second-order valence-electron chi connectivity index (χ2n) is 6.92. The van der Waals surface area contributed by atoms with Crippen LogP contribution < -0.4 is 4.90 Å². The molecule has 0 atom stereocenters. The molecule has 0 unspecified atom stereocenters. The third kappa shape index (κ3) is 6.57. The number of carboxylic acid groups (broad SMARTS) is 2. The summed E-state index contributed by atoms with van der Waals surface area (Å²) in [6, 6.07) is 15.2. The number of benzene rings is 1. The van der Waals surface area contributed by atoms with Gasteiger partial charge < -0.3 is 20.0 Å². The van der Waals surface area contributed by atoms with Crippen LogP contribution in [0.4, 0.5) is 5.82 Å². The van der Waals surface area contributed by atoms with Gasteiger partial charge in [0.25, 0.3) is 0 Å². The molecule has 9 heteroatoms. The first-order chi connectivity index (χ1) is 14.5. The van der Waals surface area contributed by atoms with Crippen LogP contribution in [0.1, 0.15) is 12.8 Å². The summed E-state index contributed by atoms with van der Waals surface area (Å²) >= 11 is 1.66. The van der Waals surface area contributed by atoms with Crippen LogP contribution in [0, 0.1) is 0 Å². The quantitative estimate of drug-likeness (QED) is 0.695. The van der Waals surface area contributed by atoms with Crippen molar-refractivity contribution in [2.24, 2.45) is 0 Å². The summed E-state index contributed by atoms with van der Waals surface area (Å²) in [6.07, 6.45) is 3.62. The Hall–Kier alpha value is -2.91. The molecule has 2 aromatic rings. The van der Waals surface area contributed by atoms with Crippen molar-refractivity contribution in [3.63, 3.8) is 0 Å². The monoisotopic (exact) mass is 428 g/mol. The predicted molar refractivity (Wildman–Crippen MR) is 114 cm³/mol. The van der Waals surface area contributed by atoms with Crippen LogP contribution in [0.3, 0.4) is 0 Å². The zero-order valence-electron chi connectivity index (χ0n) is 16.4. The fourth-order valence-electron chi connectivity index (χ4n) is 3.46. The SMILES string of the molecule is O=C(O)/C=C/C(=O)O.c1ccc(Sc2ccc(N3CCN4CCC3CC4)nn2)cc1. The minimum absolute atomic E-state index is 0.558. The van der Waals surface area contributed by atoms with E-state index >= 15 is 0 Å². The highest BCUT2D eigenvalue weighted by molar-refractivity contribution is 7.99. The molecule has 0 radical (unpaired) electrons. The number of aromatic nitrogens is 2. The van der Waals surface area contributed by atoms with Crippen LogP contribution in [-0.4, -0.2) is 69.5 Å². The van der Waals surface area contributed by atoms with Crippen LogP contribution in [0.25, 0.3) is 0 Å². The fourth-order valence-corrected chi connectivity index (χ4v) is 4.21. The third-order valence-electron chi connectivity index (χ3n) is 4.91. The summed E-state index contributed by atoms with van der Waals surface area (Å²) in [5.74, 6) is -1.48. The number of carboxylic acids is 2. The van der Waals surface area contributed by atoms with Crippen LogP contribution in [-0.2, 0) is 9.59 Å². The zero-order chi connectivity index (χ0) is 21.3. The van der Waals surface area contributed by atoms with Gasteiger partial charge in [0, 0.05) is 49.3 Å². The van der Waals surface area contributed by atoms with Gasteiger partial charge >= 0.3 is 11.9 Å². The smallest absolute Gasteiger partial charge is 0.328 e. The van der Waals surface area contributed by atoms with E-state index in [0.29, 0.717) is 18.2 Å². The second-order valence-corrected chi connectivity index (χ2v) is 8.01. The van der Waals surface area contributed by atoms with E-state index in [4.69, 9.17) is 10.2 Å². The van der Waals surface area contributed by atoms with Gasteiger partial charge in [-0.25, -0.2) is 9.59 Å². The molecule has 5 rings (SSSR count). The maximum Gasteiger partial charge on any atom is 0.328 e. The summed E-state index contributed by atoms with van der Waals surface area (Å²) in [7, 11) is 0. The van der Waals surface area contributed by atoms with Crippen LogP contribution in [0.2, 0.25) is 0 Å². The first-order valence-corrected chi connectivity index (χ1v) is 10.5. The molecule has 3 fully saturated rings. The third-order valence-corrected chi connectivity index (χ3v) is 5.84. The molecular formula is C21H24N4O4S. The molecule has 3 aliphatic heterocycles. The maximum absolute atomic E-state index is 9.55. The summed E-state index contributed by atoms with van der Waals surface area (Å²) in [5.41, 5.74) is 0. The molecule has 2 bridgehead atoms. The Morgan fingerprint density at radius 1 is 0.900 bits per heavy atom. The number of fused-ring (bicyclic) bond motifs is 4. The van der Waals surface area contributed by atoms with E-state index in [2.05, 4.69) is 44.3 Å².